The summed E-state index contributed by atoms with van der Waals surface area (Å²) in [5.74, 6) is -1.87. The highest BCUT2D eigenvalue weighted by molar-refractivity contribution is 6.05. The number of carboxylic acid groups (broad SMARTS) is 1. The van der Waals surface area contributed by atoms with Gasteiger partial charge in [0.1, 0.15) is 17.4 Å². The predicted molar refractivity (Wildman–Crippen MR) is 114 cm³/mol. The van der Waals surface area contributed by atoms with Gasteiger partial charge in [-0.05, 0) is 38.3 Å². The third-order valence-corrected chi connectivity index (χ3v) is 5.08. The second kappa shape index (κ2) is 8.53. The Morgan fingerprint density at radius 1 is 0.969 bits per heavy atom. The van der Waals surface area contributed by atoms with E-state index in [0.717, 1.165) is 6.07 Å². The van der Waals surface area contributed by atoms with Crippen molar-refractivity contribution in [2.45, 2.75) is 38.6 Å². The van der Waals surface area contributed by atoms with Gasteiger partial charge in [0.2, 0.25) is 0 Å². The Bertz CT molecular complexity index is 1170. The van der Waals surface area contributed by atoms with E-state index in [0.29, 0.717) is 10.8 Å². The van der Waals surface area contributed by atoms with E-state index in [4.69, 9.17) is 4.74 Å². The minimum atomic E-state index is -4.57. The van der Waals surface area contributed by atoms with Crippen LogP contribution in [0, 0.1) is 0 Å². The molecule has 0 saturated heterocycles. The van der Waals surface area contributed by atoms with Crippen LogP contribution < -0.4 is 10.1 Å². The monoisotopic (exact) mass is 445 g/mol. The van der Waals surface area contributed by atoms with Gasteiger partial charge in [0.05, 0.1) is 11.1 Å². The first-order valence-corrected chi connectivity index (χ1v) is 9.82. The molecule has 0 aromatic heterocycles. The SMILES string of the molecule is CC(Oc1c(C(=O)NC(C)(C)C(=O)O)ccc2ccccc12)c1ccccc1C(F)(F)F. The van der Waals surface area contributed by atoms with Crippen molar-refractivity contribution in [3.05, 3.63) is 77.4 Å². The average Bonchev–Trinajstić information content (AvgIpc) is 2.72. The lowest BCUT2D eigenvalue weighted by molar-refractivity contribution is -0.143. The maximum atomic E-state index is 13.5. The molecular weight excluding hydrogens is 423 g/mol. The number of carboxylic acids is 1. The van der Waals surface area contributed by atoms with Crippen LogP contribution in [0.5, 0.6) is 5.75 Å². The lowest BCUT2D eigenvalue weighted by atomic mass is 10.0. The number of nitrogens with one attached hydrogen (secondary N) is 1. The molecular formula is C24H22F3NO4. The van der Waals surface area contributed by atoms with Crippen molar-refractivity contribution >= 4 is 22.6 Å². The Labute approximate surface area is 182 Å². The van der Waals surface area contributed by atoms with Crippen LogP contribution in [-0.2, 0) is 11.0 Å². The van der Waals surface area contributed by atoms with E-state index < -0.39 is 35.3 Å². The smallest absolute Gasteiger partial charge is 0.416 e. The lowest BCUT2D eigenvalue weighted by Crippen LogP contribution is -2.49. The summed E-state index contributed by atoms with van der Waals surface area (Å²) < 4.78 is 46.5. The molecule has 3 rings (SSSR count). The summed E-state index contributed by atoms with van der Waals surface area (Å²) >= 11 is 0. The van der Waals surface area contributed by atoms with E-state index in [9.17, 15) is 27.9 Å². The fourth-order valence-corrected chi connectivity index (χ4v) is 3.30. The molecule has 0 aliphatic heterocycles. The van der Waals surface area contributed by atoms with Gasteiger partial charge >= 0.3 is 12.1 Å². The Kier molecular flexibility index (Phi) is 6.16. The fraction of sp³-hybridized carbons (Fsp3) is 0.250. The van der Waals surface area contributed by atoms with Crippen LogP contribution in [0.25, 0.3) is 10.8 Å². The zero-order chi connectivity index (χ0) is 23.7. The van der Waals surface area contributed by atoms with Crippen molar-refractivity contribution in [2.24, 2.45) is 0 Å². The van der Waals surface area contributed by atoms with Crippen LogP contribution in [-0.4, -0.2) is 22.5 Å². The summed E-state index contributed by atoms with van der Waals surface area (Å²) in [6, 6.07) is 15.2. The summed E-state index contributed by atoms with van der Waals surface area (Å²) in [6.07, 6.45) is -5.61. The lowest BCUT2D eigenvalue weighted by Gasteiger charge is -2.24. The molecule has 2 N–H and O–H groups in total. The summed E-state index contributed by atoms with van der Waals surface area (Å²) in [5, 5.41) is 13.0. The van der Waals surface area contributed by atoms with Crippen molar-refractivity contribution < 1.29 is 32.6 Å². The number of hydrogen-bond donors (Lipinski definition) is 2. The Morgan fingerprint density at radius 2 is 1.59 bits per heavy atom. The molecule has 3 aromatic carbocycles. The van der Waals surface area contributed by atoms with E-state index in [1.807, 2.05) is 0 Å². The second-order valence-corrected chi connectivity index (χ2v) is 7.89. The van der Waals surface area contributed by atoms with Gasteiger partial charge < -0.3 is 15.2 Å². The van der Waals surface area contributed by atoms with Crippen LogP contribution in [0.3, 0.4) is 0 Å². The molecule has 32 heavy (non-hydrogen) atoms. The normalized spacial score (nSPS) is 12.9. The third-order valence-electron chi connectivity index (χ3n) is 5.08. The number of hydrogen-bond acceptors (Lipinski definition) is 3. The molecule has 0 bridgehead atoms. The van der Waals surface area contributed by atoms with Crippen LogP contribution >= 0.6 is 0 Å². The molecule has 168 valence electrons. The number of halogens is 3. The van der Waals surface area contributed by atoms with E-state index in [1.165, 1.54) is 45.0 Å². The Morgan fingerprint density at radius 3 is 2.25 bits per heavy atom. The minimum absolute atomic E-state index is 0.0226. The number of benzene rings is 3. The highest BCUT2D eigenvalue weighted by Crippen LogP contribution is 2.38. The van der Waals surface area contributed by atoms with Crippen LogP contribution in [0.1, 0.15) is 48.4 Å². The first kappa shape index (κ1) is 23.1. The Hall–Kier alpha value is -3.55. The topological polar surface area (TPSA) is 75.6 Å². The van der Waals surface area contributed by atoms with Crippen LogP contribution in [0.15, 0.2) is 60.7 Å². The second-order valence-electron chi connectivity index (χ2n) is 7.89. The first-order valence-electron chi connectivity index (χ1n) is 9.82. The molecule has 0 saturated carbocycles. The maximum absolute atomic E-state index is 13.5. The quantitative estimate of drug-likeness (QED) is 0.519. The van der Waals surface area contributed by atoms with Gasteiger partial charge in [-0.1, -0.05) is 48.5 Å². The van der Waals surface area contributed by atoms with Crippen LogP contribution in [0.4, 0.5) is 13.2 Å². The van der Waals surface area contributed by atoms with Crippen molar-refractivity contribution in [1.82, 2.24) is 5.32 Å². The van der Waals surface area contributed by atoms with Crippen molar-refractivity contribution in [3.8, 4) is 5.75 Å². The molecule has 1 amide bonds. The first-order chi connectivity index (χ1) is 14.9. The van der Waals surface area contributed by atoms with Gasteiger partial charge in [0.25, 0.3) is 5.91 Å². The molecule has 0 fully saturated rings. The van der Waals surface area contributed by atoms with Crippen LogP contribution in [0.2, 0.25) is 0 Å². The number of carbonyl (C=O) groups is 2. The average molecular weight is 445 g/mol. The van der Waals surface area contributed by atoms with E-state index >= 15 is 0 Å². The number of amides is 1. The summed E-state index contributed by atoms with van der Waals surface area (Å²) in [4.78, 5) is 24.4. The fourth-order valence-electron chi connectivity index (χ4n) is 3.30. The maximum Gasteiger partial charge on any atom is 0.416 e. The number of fused-ring (bicyclic) bond motifs is 1. The van der Waals surface area contributed by atoms with Gasteiger partial charge in [-0.2, -0.15) is 13.2 Å². The molecule has 1 unspecified atom stereocenters. The van der Waals surface area contributed by atoms with Gasteiger partial charge in [-0.25, -0.2) is 4.79 Å². The Balaban J connectivity index is 2.09. The van der Waals surface area contributed by atoms with E-state index in [-0.39, 0.29) is 16.9 Å². The molecule has 8 heteroatoms. The zero-order valence-corrected chi connectivity index (χ0v) is 17.7. The number of ether oxygens (including phenoxy) is 1. The summed E-state index contributed by atoms with van der Waals surface area (Å²) in [6.45, 7) is 4.13. The number of carbonyl (C=O) groups excluding carboxylic acids is 1. The van der Waals surface area contributed by atoms with Crippen molar-refractivity contribution in [3.63, 3.8) is 0 Å². The highest BCUT2D eigenvalue weighted by Gasteiger charge is 2.35. The van der Waals surface area contributed by atoms with Crippen molar-refractivity contribution in [1.29, 1.82) is 0 Å². The standard InChI is InChI=1S/C24H22F3NO4/c1-14(16-9-6-7-11-19(16)24(25,26)27)32-20-17-10-5-4-8-15(17)12-13-18(20)21(29)28-23(2,3)22(30)31/h4-14H,1-3H3,(H,28,29)(H,30,31). The largest absolute Gasteiger partial charge is 0.485 e. The molecule has 5 nitrogen and oxygen atoms in total. The molecule has 0 radical (unpaired) electrons. The van der Waals surface area contributed by atoms with E-state index in [2.05, 4.69) is 5.32 Å². The zero-order valence-electron chi connectivity index (χ0n) is 17.7. The number of rotatable bonds is 6. The highest BCUT2D eigenvalue weighted by atomic mass is 19.4. The molecule has 0 spiro atoms. The molecule has 0 aliphatic carbocycles. The number of aliphatic carboxylic acids is 1. The molecule has 3 aromatic rings. The molecule has 0 heterocycles. The van der Waals surface area contributed by atoms with Gasteiger partial charge in [0, 0.05) is 10.9 Å². The third kappa shape index (κ3) is 4.69. The molecule has 0 aliphatic rings. The molecule has 1 atom stereocenters. The predicted octanol–water partition coefficient (Wildman–Crippen LogP) is 5.59. The summed E-state index contributed by atoms with van der Waals surface area (Å²) in [5.41, 5.74) is -2.45. The van der Waals surface area contributed by atoms with Gasteiger partial charge in [-0.15, -0.1) is 0 Å². The minimum Gasteiger partial charge on any atom is -0.485 e. The van der Waals surface area contributed by atoms with Gasteiger partial charge in [0.15, 0.2) is 0 Å². The van der Waals surface area contributed by atoms with E-state index in [1.54, 1.807) is 30.3 Å². The van der Waals surface area contributed by atoms with Crippen molar-refractivity contribution in [2.75, 3.05) is 0 Å². The summed E-state index contributed by atoms with van der Waals surface area (Å²) in [7, 11) is 0. The van der Waals surface area contributed by atoms with Gasteiger partial charge in [-0.3, -0.25) is 4.79 Å². The number of alkyl halides is 3.